The van der Waals surface area contributed by atoms with Crippen LogP contribution in [0.15, 0.2) is 64.0 Å². The van der Waals surface area contributed by atoms with E-state index in [0.717, 1.165) is 32.8 Å². The zero-order chi connectivity index (χ0) is 18.7. The van der Waals surface area contributed by atoms with Gasteiger partial charge < -0.3 is 0 Å². The predicted octanol–water partition coefficient (Wildman–Crippen LogP) is 6.03. The number of benzene rings is 2. The van der Waals surface area contributed by atoms with Crippen LogP contribution in [0.3, 0.4) is 0 Å². The third kappa shape index (κ3) is 4.44. The number of hydrogen-bond acceptors (Lipinski definition) is 3. The molecule has 2 aromatic carbocycles. The number of halogens is 3. The van der Waals surface area contributed by atoms with Gasteiger partial charge in [0.25, 0.3) is 11.1 Å². The van der Waals surface area contributed by atoms with Crippen LogP contribution in [0.25, 0.3) is 6.08 Å². The van der Waals surface area contributed by atoms with E-state index in [9.17, 15) is 14.0 Å². The minimum Gasteiger partial charge on any atom is -0.268 e. The molecule has 0 saturated carbocycles. The van der Waals surface area contributed by atoms with E-state index in [1.165, 1.54) is 12.1 Å². The molecule has 0 spiro atoms. The van der Waals surface area contributed by atoms with Crippen molar-refractivity contribution >= 4 is 56.5 Å². The Morgan fingerprint density at radius 1 is 1.15 bits per heavy atom. The highest BCUT2D eigenvalue weighted by Gasteiger charge is 2.34. The van der Waals surface area contributed by atoms with Crippen LogP contribution in [-0.4, -0.2) is 16.0 Å². The molecule has 26 heavy (non-hydrogen) atoms. The number of allylic oxidation sites excluding steroid dienone is 2. The van der Waals surface area contributed by atoms with Gasteiger partial charge in [-0.05, 0) is 53.2 Å². The molecule has 1 aliphatic rings. The summed E-state index contributed by atoms with van der Waals surface area (Å²) < 4.78 is 14.1. The summed E-state index contributed by atoms with van der Waals surface area (Å²) in [6, 6.07) is 11.6. The van der Waals surface area contributed by atoms with Crippen molar-refractivity contribution in [1.29, 1.82) is 0 Å². The summed E-state index contributed by atoms with van der Waals surface area (Å²) >= 11 is 10.2. The Hall–Kier alpha value is -1.89. The molecule has 0 radical (unpaired) electrons. The quantitative estimate of drug-likeness (QED) is 0.531. The number of carbonyl (C=O) groups excluding carboxylic acids is 2. The number of imide groups is 1. The van der Waals surface area contributed by atoms with E-state index < -0.39 is 5.82 Å². The SMILES string of the molecule is O=C1S/C(=C\C=C\c2ccc(Br)cc2)C(=O)N1Cc1ccc(F)cc1Cl. The second kappa shape index (κ2) is 8.20. The van der Waals surface area contributed by atoms with Crippen molar-refractivity contribution in [3.63, 3.8) is 0 Å². The average Bonchev–Trinajstić information content (AvgIpc) is 2.86. The Kier molecular flexibility index (Phi) is 5.96. The molecule has 1 aliphatic heterocycles. The summed E-state index contributed by atoms with van der Waals surface area (Å²) in [5.74, 6) is -0.855. The van der Waals surface area contributed by atoms with Gasteiger partial charge in [-0.3, -0.25) is 14.5 Å². The lowest BCUT2D eigenvalue weighted by Crippen LogP contribution is -2.27. The van der Waals surface area contributed by atoms with Gasteiger partial charge in [-0.1, -0.05) is 57.9 Å². The van der Waals surface area contributed by atoms with Gasteiger partial charge in [0.15, 0.2) is 0 Å². The summed E-state index contributed by atoms with van der Waals surface area (Å²) in [7, 11) is 0. The Morgan fingerprint density at radius 3 is 2.58 bits per heavy atom. The van der Waals surface area contributed by atoms with Crippen molar-refractivity contribution in [2.75, 3.05) is 0 Å². The van der Waals surface area contributed by atoms with Crippen molar-refractivity contribution < 1.29 is 14.0 Å². The van der Waals surface area contributed by atoms with E-state index in [-0.39, 0.29) is 22.7 Å². The molecule has 7 heteroatoms. The number of amides is 2. The van der Waals surface area contributed by atoms with Crippen LogP contribution in [0, 0.1) is 5.82 Å². The normalized spacial score (nSPS) is 16.3. The van der Waals surface area contributed by atoms with E-state index in [4.69, 9.17) is 11.6 Å². The molecular formula is C19H12BrClFNO2S. The van der Waals surface area contributed by atoms with Crippen molar-refractivity contribution in [2.45, 2.75) is 6.54 Å². The van der Waals surface area contributed by atoms with Gasteiger partial charge in [0.2, 0.25) is 0 Å². The molecule has 132 valence electrons. The number of nitrogens with zero attached hydrogens (tertiary/aromatic N) is 1. The van der Waals surface area contributed by atoms with Crippen molar-refractivity contribution in [2.24, 2.45) is 0 Å². The molecule has 3 rings (SSSR count). The van der Waals surface area contributed by atoms with Crippen LogP contribution in [-0.2, 0) is 11.3 Å². The van der Waals surface area contributed by atoms with Gasteiger partial charge >= 0.3 is 0 Å². The van der Waals surface area contributed by atoms with Gasteiger partial charge in [0.1, 0.15) is 5.82 Å². The van der Waals surface area contributed by atoms with E-state index in [2.05, 4.69) is 15.9 Å². The lowest BCUT2D eigenvalue weighted by Gasteiger charge is -2.13. The molecule has 0 unspecified atom stereocenters. The topological polar surface area (TPSA) is 37.4 Å². The van der Waals surface area contributed by atoms with E-state index in [1.54, 1.807) is 12.2 Å². The van der Waals surface area contributed by atoms with Crippen molar-refractivity contribution in [3.8, 4) is 0 Å². The Balaban J connectivity index is 1.72. The van der Waals surface area contributed by atoms with Gasteiger partial charge in [-0.25, -0.2) is 4.39 Å². The molecule has 0 atom stereocenters. The summed E-state index contributed by atoms with van der Waals surface area (Å²) in [5.41, 5.74) is 1.49. The van der Waals surface area contributed by atoms with Gasteiger partial charge in [0, 0.05) is 9.50 Å². The van der Waals surface area contributed by atoms with Crippen molar-refractivity contribution in [1.82, 2.24) is 4.90 Å². The van der Waals surface area contributed by atoms with Gasteiger partial charge in [-0.2, -0.15) is 0 Å². The minimum absolute atomic E-state index is 0.0115. The Bertz CT molecular complexity index is 928. The molecular weight excluding hydrogens is 441 g/mol. The summed E-state index contributed by atoms with van der Waals surface area (Å²) in [6.07, 6.45) is 5.18. The first kappa shape index (κ1) is 18.9. The zero-order valence-electron chi connectivity index (χ0n) is 13.3. The number of thioether (sulfide) groups is 1. The maximum atomic E-state index is 13.1. The van der Waals surface area contributed by atoms with Crippen LogP contribution < -0.4 is 0 Å². The molecule has 2 amide bonds. The van der Waals surface area contributed by atoms with Crippen LogP contribution in [0.2, 0.25) is 5.02 Å². The highest BCUT2D eigenvalue weighted by atomic mass is 79.9. The molecule has 1 heterocycles. The molecule has 1 saturated heterocycles. The summed E-state index contributed by atoms with van der Waals surface area (Å²) in [5, 5.41) is -0.193. The lowest BCUT2D eigenvalue weighted by atomic mass is 10.2. The molecule has 3 nitrogen and oxygen atoms in total. The number of carbonyl (C=O) groups is 2. The van der Waals surface area contributed by atoms with E-state index in [1.807, 2.05) is 30.3 Å². The number of hydrogen-bond donors (Lipinski definition) is 0. The molecule has 2 aromatic rings. The van der Waals surface area contributed by atoms with Gasteiger partial charge in [-0.15, -0.1) is 0 Å². The third-order valence-corrected chi connectivity index (χ3v) is 5.43. The highest BCUT2D eigenvalue weighted by molar-refractivity contribution is 9.10. The largest absolute Gasteiger partial charge is 0.293 e. The van der Waals surface area contributed by atoms with Crippen LogP contribution >= 0.6 is 39.3 Å². The molecule has 0 N–H and O–H groups in total. The summed E-state index contributed by atoms with van der Waals surface area (Å²) in [4.78, 5) is 26.0. The third-order valence-electron chi connectivity index (χ3n) is 3.62. The fourth-order valence-corrected chi connectivity index (χ4v) is 3.57. The molecule has 0 aromatic heterocycles. The van der Waals surface area contributed by atoms with Crippen molar-refractivity contribution in [3.05, 3.63) is 86.0 Å². The zero-order valence-corrected chi connectivity index (χ0v) is 16.4. The first-order chi connectivity index (χ1) is 12.4. The van der Waals surface area contributed by atoms with Crippen LogP contribution in [0.4, 0.5) is 9.18 Å². The van der Waals surface area contributed by atoms with E-state index in [0.29, 0.717) is 10.5 Å². The molecule has 0 aliphatic carbocycles. The molecule has 1 fully saturated rings. The lowest BCUT2D eigenvalue weighted by molar-refractivity contribution is -0.123. The maximum absolute atomic E-state index is 13.1. The summed E-state index contributed by atoms with van der Waals surface area (Å²) in [6.45, 7) is 0.0115. The Morgan fingerprint density at radius 2 is 1.88 bits per heavy atom. The van der Waals surface area contributed by atoms with Gasteiger partial charge in [0.05, 0.1) is 11.4 Å². The fraction of sp³-hybridized carbons (Fsp3) is 0.0526. The maximum Gasteiger partial charge on any atom is 0.293 e. The minimum atomic E-state index is -0.467. The first-order valence-corrected chi connectivity index (χ1v) is 9.54. The smallest absolute Gasteiger partial charge is 0.268 e. The standard InChI is InChI=1S/C19H12BrClFNO2S/c20-14-7-4-12(5-8-14)2-1-3-17-18(24)23(19(25)26-17)11-13-6-9-15(22)10-16(13)21/h1-10H,11H2/b2-1+,17-3-. The highest BCUT2D eigenvalue weighted by Crippen LogP contribution is 2.33. The van der Waals surface area contributed by atoms with Crippen LogP contribution in [0.5, 0.6) is 0 Å². The average molecular weight is 453 g/mol. The first-order valence-electron chi connectivity index (χ1n) is 7.55. The number of rotatable bonds is 4. The Labute approximate surface area is 167 Å². The monoisotopic (exact) mass is 451 g/mol. The predicted molar refractivity (Wildman–Crippen MR) is 106 cm³/mol. The van der Waals surface area contributed by atoms with E-state index >= 15 is 0 Å². The second-order valence-corrected chi connectivity index (χ2v) is 7.75. The fourth-order valence-electron chi connectivity index (χ4n) is 2.29. The second-order valence-electron chi connectivity index (χ2n) is 5.44. The van der Waals surface area contributed by atoms with Crippen LogP contribution in [0.1, 0.15) is 11.1 Å². The molecule has 0 bridgehead atoms.